The van der Waals surface area contributed by atoms with Crippen molar-refractivity contribution in [3.63, 3.8) is 0 Å². The van der Waals surface area contributed by atoms with Crippen molar-refractivity contribution in [3.05, 3.63) is 51.5 Å². The number of thiazole rings is 1. The molecular formula is C18H23N3O2S. The third kappa shape index (κ3) is 3.44. The van der Waals surface area contributed by atoms with E-state index in [0.29, 0.717) is 19.0 Å². The summed E-state index contributed by atoms with van der Waals surface area (Å²) in [7, 11) is 0. The molecule has 2 heterocycles. The van der Waals surface area contributed by atoms with Crippen molar-refractivity contribution in [1.29, 1.82) is 0 Å². The average Bonchev–Trinajstić information content (AvgIpc) is 3.08. The van der Waals surface area contributed by atoms with E-state index in [1.807, 2.05) is 23.6 Å². The van der Waals surface area contributed by atoms with Gasteiger partial charge in [-0.1, -0.05) is 38.1 Å². The second-order valence-electron chi connectivity index (χ2n) is 6.33. The minimum Gasteiger partial charge on any atom is -0.394 e. The molecular weight excluding hydrogens is 322 g/mol. The van der Waals surface area contributed by atoms with Crippen LogP contribution in [0.4, 0.5) is 4.79 Å². The fourth-order valence-corrected chi connectivity index (χ4v) is 3.86. The highest BCUT2D eigenvalue weighted by molar-refractivity contribution is 7.09. The van der Waals surface area contributed by atoms with Crippen molar-refractivity contribution in [2.45, 2.75) is 38.8 Å². The van der Waals surface area contributed by atoms with E-state index < -0.39 is 0 Å². The molecule has 5 nitrogen and oxygen atoms in total. The van der Waals surface area contributed by atoms with Gasteiger partial charge in [-0.2, -0.15) is 0 Å². The first kappa shape index (κ1) is 16.9. The Balaban J connectivity index is 1.66. The van der Waals surface area contributed by atoms with Gasteiger partial charge in [0.1, 0.15) is 0 Å². The number of aliphatic hydroxyl groups is 1. The number of amides is 2. The van der Waals surface area contributed by atoms with E-state index in [0.717, 1.165) is 22.7 Å². The summed E-state index contributed by atoms with van der Waals surface area (Å²) in [4.78, 5) is 18.8. The summed E-state index contributed by atoms with van der Waals surface area (Å²) in [5.41, 5.74) is 3.13. The van der Waals surface area contributed by atoms with Crippen LogP contribution in [-0.2, 0) is 13.0 Å². The number of fused-ring (bicyclic) bond motifs is 1. The Morgan fingerprint density at radius 1 is 1.46 bits per heavy atom. The van der Waals surface area contributed by atoms with E-state index in [4.69, 9.17) is 0 Å². The van der Waals surface area contributed by atoms with Gasteiger partial charge in [0.2, 0.25) is 0 Å². The molecule has 0 radical (unpaired) electrons. The van der Waals surface area contributed by atoms with Crippen molar-refractivity contribution in [2.75, 3.05) is 13.2 Å². The van der Waals surface area contributed by atoms with Gasteiger partial charge in [0.15, 0.2) is 0 Å². The third-order valence-corrected chi connectivity index (χ3v) is 5.52. The Morgan fingerprint density at radius 2 is 2.25 bits per heavy atom. The van der Waals surface area contributed by atoms with Crippen LogP contribution in [0.1, 0.15) is 47.6 Å². The number of carbonyl (C=O) groups excluding carboxylic acids is 1. The van der Waals surface area contributed by atoms with Crippen LogP contribution in [0.3, 0.4) is 0 Å². The van der Waals surface area contributed by atoms with E-state index in [9.17, 15) is 9.90 Å². The van der Waals surface area contributed by atoms with Gasteiger partial charge in [-0.25, -0.2) is 9.78 Å². The number of rotatable bonds is 4. The maximum Gasteiger partial charge on any atom is 0.318 e. The summed E-state index contributed by atoms with van der Waals surface area (Å²) in [6.07, 6.45) is 0.814. The Kier molecular flexibility index (Phi) is 5.16. The monoisotopic (exact) mass is 345 g/mol. The molecule has 2 N–H and O–H groups in total. The molecule has 0 aliphatic carbocycles. The number of carbonyl (C=O) groups is 1. The fourth-order valence-electron chi connectivity index (χ4n) is 3.03. The molecule has 2 amide bonds. The first-order valence-corrected chi connectivity index (χ1v) is 9.15. The van der Waals surface area contributed by atoms with Crippen molar-refractivity contribution in [3.8, 4) is 0 Å². The molecule has 0 fully saturated rings. The van der Waals surface area contributed by atoms with Crippen molar-refractivity contribution in [1.82, 2.24) is 15.2 Å². The molecule has 6 heteroatoms. The van der Waals surface area contributed by atoms with Crippen LogP contribution < -0.4 is 5.32 Å². The average molecular weight is 345 g/mol. The van der Waals surface area contributed by atoms with Crippen molar-refractivity contribution >= 4 is 17.4 Å². The van der Waals surface area contributed by atoms with E-state index in [-0.39, 0.29) is 18.7 Å². The van der Waals surface area contributed by atoms with E-state index in [1.54, 1.807) is 16.2 Å². The predicted molar refractivity (Wildman–Crippen MR) is 95.1 cm³/mol. The second-order valence-corrected chi connectivity index (χ2v) is 7.22. The largest absolute Gasteiger partial charge is 0.394 e. The lowest BCUT2D eigenvalue weighted by Crippen LogP contribution is -2.46. The third-order valence-electron chi connectivity index (χ3n) is 4.33. The van der Waals surface area contributed by atoms with Crippen LogP contribution in [0.25, 0.3) is 0 Å². The van der Waals surface area contributed by atoms with Gasteiger partial charge in [-0.3, -0.25) is 0 Å². The number of aliphatic hydroxyl groups excluding tert-OH is 1. The fraction of sp³-hybridized carbons (Fsp3) is 0.444. The van der Waals surface area contributed by atoms with E-state index >= 15 is 0 Å². The summed E-state index contributed by atoms with van der Waals surface area (Å²) in [5, 5.41) is 15.8. The lowest BCUT2D eigenvalue weighted by atomic mass is 9.93. The minimum absolute atomic E-state index is 0.0708. The second kappa shape index (κ2) is 7.32. The van der Waals surface area contributed by atoms with E-state index in [2.05, 4.69) is 30.2 Å². The van der Waals surface area contributed by atoms with Crippen LogP contribution in [0, 0.1) is 0 Å². The highest BCUT2D eigenvalue weighted by atomic mass is 32.1. The van der Waals surface area contributed by atoms with Crippen LogP contribution >= 0.6 is 11.3 Å². The SMILES string of the molecule is CC(C)c1nc(CNC(=O)N2CCc3ccccc3C2CO)cs1. The van der Waals surface area contributed by atoms with Gasteiger partial charge < -0.3 is 15.3 Å². The number of hydrogen-bond donors (Lipinski definition) is 2. The standard InChI is InChI=1S/C18H23N3O2S/c1-12(2)17-20-14(11-24-17)9-19-18(23)21-8-7-13-5-3-4-6-15(13)16(21)10-22/h3-6,11-12,16,22H,7-10H2,1-2H3,(H,19,23). The summed E-state index contributed by atoms with van der Waals surface area (Å²) in [6, 6.07) is 7.57. The molecule has 2 aromatic rings. The number of aromatic nitrogens is 1. The molecule has 0 saturated carbocycles. The lowest BCUT2D eigenvalue weighted by molar-refractivity contribution is 0.126. The molecule has 0 spiro atoms. The highest BCUT2D eigenvalue weighted by Gasteiger charge is 2.29. The van der Waals surface area contributed by atoms with Crippen LogP contribution in [0.5, 0.6) is 0 Å². The summed E-state index contributed by atoms with van der Waals surface area (Å²) in [6.45, 7) is 5.18. The van der Waals surface area contributed by atoms with E-state index in [1.165, 1.54) is 5.56 Å². The Labute approximate surface area is 146 Å². The number of nitrogens with zero attached hydrogens (tertiary/aromatic N) is 2. The van der Waals surface area contributed by atoms with Crippen LogP contribution in [0.15, 0.2) is 29.6 Å². The highest BCUT2D eigenvalue weighted by Crippen LogP contribution is 2.29. The zero-order chi connectivity index (χ0) is 17.1. The quantitative estimate of drug-likeness (QED) is 0.895. The number of hydrogen-bond acceptors (Lipinski definition) is 4. The van der Waals surface area contributed by atoms with Gasteiger partial charge in [0.05, 0.1) is 29.9 Å². The number of nitrogens with one attached hydrogen (secondary N) is 1. The minimum atomic E-state index is -0.281. The summed E-state index contributed by atoms with van der Waals surface area (Å²) < 4.78 is 0. The maximum atomic E-state index is 12.6. The van der Waals surface area contributed by atoms with Gasteiger partial charge in [0.25, 0.3) is 0 Å². The van der Waals surface area contributed by atoms with Crippen molar-refractivity contribution < 1.29 is 9.90 Å². The normalized spacial score (nSPS) is 17.0. The molecule has 1 aromatic carbocycles. The molecule has 0 saturated heterocycles. The molecule has 24 heavy (non-hydrogen) atoms. The number of urea groups is 1. The van der Waals surface area contributed by atoms with Crippen LogP contribution in [-0.4, -0.2) is 34.2 Å². The van der Waals surface area contributed by atoms with Crippen LogP contribution in [0.2, 0.25) is 0 Å². The topological polar surface area (TPSA) is 65.5 Å². The first-order valence-electron chi connectivity index (χ1n) is 8.27. The molecule has 3 rings (SSSR count). The molecule has 1 unspecified atom stereocenters. The Hall–Kier alpha value is -1.92. The molecule has 128 valence electrons. The molecule has 0 bridgehead atoms. The summed E-state index contributed by atoms with van der Waals surface area (Å²) >= 11 is 1.62. The predicted octanol–water partition coefficient (Wildman–Crippen LogP) is 3.07. The molecule has 1 aliphatic rings. The van der Waals surface area contributed by atoms with Gasteiger partial charge in [0, 0.05) is 17.8 Å². The lowest BCUT2D eigenvalue weighted by Gasteiger charge is -2.36. The first-order chi connectivity index (χ1) is 11.6. The zero-order valence-electron chi connectivity index (χ0n) is 14.0. The van der Waals surface area contributed by atoms with Gasteiger partial charge in [-0.15, -0.1) is 11.3 Å². The van der Waals surface area contributed by atoms with Gasteiger partial charge >= 0.3 is 6.03 Å². The van der Waals surface area contributed by atoms with Gasteiger partial charge in [-0.05, 0) is 17.5 Å². The smallest absolute Gasteiger partial charge is 0.318 e. The Bertz CT molecular complexity index is 714. The zero-order valence-corrected chi connectivity index (χ0v) is 14.8. The van der Waals surface area contributed by atoms with Crippen molar-refractivity contribution in [2.24, 2.45) is 0 Å². The molecule has 1 atom stereocenters. The summed E-state index contributed by atoms with van der Waals surface area (Å²) in [5.74, 6) is 0.400. The Morgan fingerprint density at radius 3 is 2.96 bits per heavy atom. The number of benzene rings is 1. The molecule has 1 aliphatic heterocycles. The maximum absolute atomic E-state index is 12.6. The molecule has 1 aromatic heterocycles.